The minimum absolute atomic E-state index is 0.216. The van der Waals surface area contributed by atoms with Crippen LogP contribution in [0.5, 0.6) is 11.5 Å². The number of para-hydroxylation sites is 1. The van der Waals surface area contributed by atoms with Gasteiger partial charge in [0.1, 0.15) is 6.33 Å². The number of rotatable bonds is 5. The molecule has 4 heterocycles. The van der Waals surface area contributed by atoms with Gasteiger partial charge in [0.05, 0.1) is 5.52 Å². The van der Waals surface area contributed by atoms with Gasteiger partial charge in [-0.3, -0.25) is 9.55 Å². The molecule has 9 nitrogen and oxygen atoms in total. The molecule has 0 atom stereocenters. The summed E-state index contributed by atoms with van der Waals surface area (Å²) in [5.41, 5.74) is 4.85. The van der Waals surface area contributed by atoms with E-state index >= 15 is 0 Å². The second-order valence-electron chi connectivity index (χ2n) is 8.25. The fourth-order valence-corrected chi connectivity index (χ4v) is 4.21. The van der Waals surface area contributed by atoms with E-state index in [1.165, 1.54) is 0 Å². The fourth-order valence-electron chi connectivity index (χ4n) is 4.21. The lowest BCUT2D eigenvalue weighted by Crippen LogP contribution is -2.04. The third-order valence-corrected chi connectivity index (χ3v) is 5.92. The van der Waals surface area contributed by atoms with Crippen molar-refractivity contribution in [2.24, 2.45) is 0 Å². The van der Waals surface area contributed by atoms with E-state index in [9.17, 15) is 0 Å². The number of hydrogen-bond acceptors (Lipinski definition) is 8. The summed E-state index contributed by atoms with van der Waals surface area (Å²) in [6.07, 6.45) is 3.54. The van der Waals surface area contributed by atoms with Crippen LogP contribution in [0, 0.1) is 0 Å². The van der Waals surface area contributed by atoms with Crippen molar-refractivity contribution in [1.82, 2.24) is 24.5 Å². The second-order valence-corrected chi connectivity index (χ2v) is 8.25. The van der Waals surface area contributed by atoms with Gasteiger partial charge in [0.2, 0.25) is 12.7 Å². The molecule has 7 rings (SSSR count). The SMILES string of the molecule is c1ccc(-n2cnc3c(Nc4ccc5c(c4)OCO5)nc(Nc4ccc5ncccc5c4)nc32)cc1. The molecular weight excluding hydrogens is 454 g/mol. The van der Waals surface area contributed by atoms with Gasteiger partial charge in [-0.2, -0.15) is 9.97 Å². The van der Waals surface area contributed by atoms with E-state index in [-0.39, 0.29) is 6.79 Å². The van der Waals surface area contributed by atoms with Crippen molar-refractivity contribution in [3.8, 4) is 17.2 Å². The van der Waals surface area contributed by atoms with Crippen LogP contribution < -0.4 is 20.1 Å². The number of pyridine rings is 1. The van der Waals surface area contributed by atoms with E-state index in [1.807, 2.05) is 83.4 Å². The van der Waals surface area contributed by atoms with Crippen LogP contribution in [0.1, 0.15) is 0 Å². The highest BCUT2D eigenvalue weighted by molar-refractivity contribution is 5.89. The molecule has 3 aromatic carbocycles. The minimum atomic E-state index is 0.216. The number of nitrogens with one attached hydrogen (secondary N) is 2. The average molecular weight is 473 g/mol. The van der Waals surface area contributed by atoms with Gasteiger partial charge in [-0.25, -0.2) is 4.98 Å². The number of ether oxygens (including phenoxy) is 2. The molecule has 0 bridgehead atoms. The van der Waals surface area contributed by atoms with Crippen LogP contribution in [0.15, 0.2) is 91.4 Å². The third kappa shape index (κ3) is 3.59. The van der Waals surface area contributed by atoms with Crippen molar-refractivity contribution < 1.29 is 9.47 Å². The molecule has 0 radical (unpaired) electrons. The molecule has 6 aromatic rings. The first-order valence-electron chi connectivity index (χ1n) is 11.4. The first-order valence-corrected chi connectivity index (χ1v) is 11.4. The molecule has 9 heteroatoms. The van der Waals surface area contributed by atoms with Gasteiger partial charge in [-0.15, -0.1) is 0 Å². The Morgan fingerprint density at radius 2 is 1.61 bits per heavy atom. The number of anilines is 4. The molecule has 1 aliphatic heterocycles. The Balaban J connectivity index is 1.33. The molecule has 1 aliphatic rings. The lowest BCUT2D eigenvalue weighted by atomic mass is 10.2. The van der Waals surface area contributed by atoms with Crippen molar-refractivity contribution in [2.45, 2.75) is 0 Å². The Morgan fingerprint density at radius 1 is 0.750 bits per heavy atom. The van der Waals surface area contributed by atoms with Crippen molar-refractivity contribution >= 4 is 45.2 Å². The van der Waals surface area contributed by atoms with E-state index in [2.05, 4.69) is 20.6 Å². The zero-order valence-corrected chi connectivity index (χ0v) is 18.9. The van der Waals surface area contributed by atoms with Gasteiger partial charge in [0, 0.05) is 34.7 Å². The summed E-state index contributed by atoms with van der Waals surface area (Å²) in [6.45, 7) is 0.216. The highest BCUT2D eigenvalue weighted by Gasteiger charge is 2.17. The summed E-state index contributed by atoms with van der Waals surface area (Å²) in [4.78, 5) is 18.6. The van der Waals surface area contributed by atoms with E-state index < -0.39 is 0 Å². The maximum absolute atomic E-state index is 5.53. The lowest BCUT2D eigenvalue weighted by molar-refractivity contribution is 0.174. The van der Waals surface area contributed by atoms with E-state index in [0.29, 0.717) is 28.7 Å². The van der Waals surface area contributed by atoms with Crippen LogP contribution >= 0.6 is 0 Å². The number of imidazole rings is 1. The summed E-state index contributed by atoms with van der Waals surface area (Å²) in [6, 6.07) is 25.5. The van der Waals surface area contributed by atoms with Gasteiger partial charge < -0.3 is 20.1 Å². The molecule has 0 aliphatic carbocycles. The second kappa shape index (κ2) is 8.24. The third-order valence-electron chi connectivity index (χ3n) is 5.92. The van der Waals surface area contributed by atoms with Crippen LogP contribution in [0.3, 0.4) is 0 Å². The molecule has 0 unspecified atom stereocenters. The normalized spacial score (nSPS) is 12.2. The molecule has 0 fully saturated rings. The number of aromatic nitrogens is 5. The summed E-state index contributed by atoms with van der Waals surface area (Å²) in [5.74, 6) is 2.41. The first-order chi connectivity index (χ1) is 17.8. The van der Waals surface area contributed by atoms with E-state index in [0.717, 1.165) is 33.7 Å². The molecule has 3 aromatic heterocycles. The predicted octanol–water partition coefficient (Wildman–Crippen LogP) is 5.58. The van der Waals surface area contributed by atoms with Crippen LogP contribution in [0.4, 0.5) is 23.1 Å². The van der Waals surface area contributed by atoms with Gasteiger partial charge in [0.15, 0.2) is 28.5 Å². The van der Waals surface area contributed by atoms with Gasteiger partial charge in [-0.05, 0) is 48.5 Å². The molecule has 36 heavy (non-hydrogen) atoms. The Morgan fingerprint density at radius 3 is 2.56 bits per heavy atom. The molecular formula is C27H19N7O2. The number of hydrogen-bond donors (Lipinski definition) is 2. The molecule has 0 saturated heterocycles. The zero-order valence-electron chi connectivity index (χ0n) is 18.9. The molecule has 0 spiro atoms. The van der Waals surface area contributed by atoms with Crippen molar-refractivity contribution in [1.29, 1.82) is 0 Å². The van der Waals surface area contributed by atoms with Crippen LogP contribution in [-0.2, 0) is 0 Å². The number of nitrogens with zero attached hydrogens (tertiary/aromatic N) is 5. The van der Waals surface area contributed by atoms with E-state index in [1.54, 1.807) is 12.5 Å². The summed E-state index contributed by atoms with van der Waals surface area (Å²) in [7, 11) is 0. The molecule has 0 saturated carbocycles. The van der Waals surface area contributed by atoms with Crippen molar-refractivity contribution in [3.63, 3.8) is 0 Å². The molecule has 0 amide bonds. The quantitative estimate of drug-likeness (QED) is 0.335. The molecule has 174 valence electrons. The van der Waals surface area contributed by atoms with Crippen LogP contribution in [0.25, 0.3) is 27.8 Å². The summed E-state index contributed by atoms with van der Waals surface area (Å²) >= 11 is 0. The largest absolute Gasteiger partial charge is 0.454 e. The first kappa shape index (κ1) is 20.2. The molecule has 2 N–H and O–H groups in total. The van der Waals surface area contributed by atoms with Gasteiger partial charge >= 0.3 is 0 Å². The smallest absolute Gasteiger partial charge is 0.231 e. The Bertz CT molecular complexity index is 1730. The van der Waals surface area contributed by atoms with Crippen LogP contribution in [-0.4, -0.2) is 31.3 Å². The van der Waals surface area contributed by atoms with Crippen molar-refractivity contribution in [2.75, 3.05) is 17.4 Å². The van der Waals surface area contributed by atoms with Gasteiger partial charge in [0.25, 0.3) is 0 Å². The highest BCUT2D eigenvalue weighted by atomic mass is 16.7. The zero-order chi connectivity index (χ0) is 23.9. The fraction of sp³-hybridized carbons (Fsp3) is 0.0370. The van der Waals surface area contributed by atoms with Crippen molar-refractivity contribution in [3.05, 3.63) is 91.4 Å². The maximum atomic E-state index is 5.53. The predicted molar refractivity (Wildman–Crippen MR) is 138 cm³/mol. The van der Waals surface area contributed by atoms with Gasteiger partial charge in [-0.1, -0.05) is 24.3 Å². The number of benzene rings is 3. The minimum Gasteiger partial charge on any atom is -0.454 e. The number of fused-ring (bicyclic) bond motifs is 3. The van der Waals surface area contributed by atoms with E-state index in [4.69, 9.17) is 19.4 Å². The lowest BCUT2D eigenvalue weighted by Gasteiger charge is -2.12. The average Bonchev–Trinajstić information content (AvgIpc) is 3.56. The highest BCUT2D eigenvalue weighted by Crippen LogP contribution is 2.36. The summed E-state index contributed by atoms with van der Waals surface area (Å²) < 4.78 is 12.9. The monoisotopic (exact) mass is 473 g/mol. The summed E-state index contributed by atoms with van der Waals surface area (Å²) in [5, 5.41) is 7.76. The Labute approximate surface area is 205 Å². The van der Waals surface area contributed by atoms with Crippen LogP contribution in [0.2, 0.25) is 0 Å². The topological polar surface area (TPSA) is 99.0 Å². The Kier molecular flexibility index (Phi) is 4.63. The standard InChI is InChI=1S/C27H19N7O2/c1-2-6-20(7-3-1)34-15-29-24-25(30-19-9-11-22-23(14-19)36-16-35-22)32-27(33-26(24)34)31-18-8-10-21-17(13-18)5-4-12-28-21/h1-15H,16H2,(H2,30,31,32,33). The maximum Gasteiger partial charge on any atom is 0.231 e. The Hall–Kier alpha value is -5.18.